The van der Waals surface area contributed by atoms with Crippen molar-refractivity contribution in [2.24, 2.45) is 5.92 Å². The maximum atomic E-state index is 16.8. The van der Waals surface area contributed by atoms with Gasteiger partial charge in [-0.3, -0.25) is 34.3 Å². The van der Waals surface area contributed by atoms with Crippen LogP contribution in [-0.2, 0) is 42.4 Å². The van der Waals surface area contributed by atoms with Gasteiger partial charge in [0.2, 0.25) is 18.6 Å². The number of carbonyl (C=O) groups is 4. The zero-order valence-electron chi connectivity index (χ0n) is 41.6. The molecule has 0 radical (unpaired) electrons. The number of hydrogen-bond acceptors (Lipinski definition) is 15. The lowest BCUT2D eigenvalue weighted by atomic mass is 9.64. The Morgan fingerprint density at radius 1 is 0.766 bits per heavy atom. The van der Waals surface area contributed by atoms with Crippen LogP contribution >= 0.6 is 0 Å². The molecule has 5 heterocycles. The molecule has 5 aliphatic rings. The fourth-order valence-corrected chi connectivity index (χ4v) is 11.7. The summed E-state index contributed by atoms with van der Waals surface area (Å²) in [6, 6.07) is 38.1. The number of amides is 3. The van der Waals surface area contributed by atoms with Gasteiger partial charge in [0.15, 0.2) is 11.5 Å². The normalized spacial score (nSPS) is 22.4. The predicted molar refractivity (Wildman–Crippen MR) is 277 cm³/mol. The monoisotopic (exact) mass is 1040 g/mol. The number of non-ortho nitro benzene ring substituents is 1. The maximum Gasteiger partial charge on any atom is 0.421 e. The number of aliphatic hydroxyl groups is 2. The molecule has 0 saturated carbocycles. The number of carbonyl (C=O) groups excluding carboxylic acids is 4. The molecule has 3 amide bonds. The number of cyclic esters (lactones) is 1. The quantitative estimate of drug-likeness (QED) is 0.0529. The van der Waals surface area contributed by atoms with Crippen molar-refractivity contribution in [1.29, 1.82) is 0 Å². The van der Waals surface area contributed by atoms with Crippen LogP contribution in [0.25, 0.3) is 0 Å². The van der Waals surface area contributed by atoms with E-state index in [1.165, 1.54) is 24.3 Å². The minimum atomic E-state index is -2.17. The Labute approximate surface area is 443 Å². The number of anilines is 1. The van der Waals surface area contributed by atoms with E-state index >= 15 is 19.2 Å². The first-order valence-electron chi connectivity index (χ1n) is 25.4. The Kier molecular flexibility index (Phi) is 14.2. The second-order valence-corrected chi connectivity index (χ2v) is 19.3. The Morgan fingerprint density at radius 3 is 2.19 bits per heavy atom. The largest absolute Gasteiger partial charge is 0.491 e. The first-order valence-corrected chi connectivity index (χ1v) is 25.4. The lowest BCUT2D eigenvalue weighted by Crippen LogP contribution is -2.59. The van der Waals surface area contributed by atoms with Gasteiger partial charge in [0.25, 0.3) is 5.69 Å². The van der Waals surface area contributed by atoms with E-state index < -0.39 is 64.4 Å². The number of aliphatic hydroxyl groups excluding tert-OH is 2. The van der Waals surface area contributed by atoms with Crippen LogP contribution in [0.1, 0.15) is 63.6 Å². The summed E-state index contributed by atoms with van der Waals surface area (Å²) in [5.41, 5.74) is 1.46. The van der Waals surface area contributed by atoms with Crippen LogP contribution in [0.15, 0.2) is 146 Å². The average molecular weight is 1040 g/mol. The number of hydrogen-bond donors (Lipinski definition) is 2. The van der Waals surface area contributed by atoms with E-state index in [0.29, 0.717) is 59.0 Å². The number of benzene rings is 6. The van der Waals surface area contributed by atoms with Crippen LogP contribution in [0.3, 0.4) is 0 Å². The molecule has 0 unspecified atom stereocenters. The molecule has 0 aliphatic carbocycles. The van der Waals surface area contributed by atoms with Gasteiger partial charge in [-0.15, -0.1) is 0 Å². The van der Waals surface area contributed by atoms with Gasteiger partial charge in [-0.1, -0.05) is 96.8 Å². The number of imide groups is 1. The van der Waals surface area contributed by atoms with E-state index in [9.17, 15) is 20.3 Å². The molecule has 77 heavy (non-hydrogen) atoms. The highest BCUT2D eigenvalue weighted by Crippen LogP contribution is 2.67. The van der Waals surface area contributed by atoms with Crippen molar-refractivity contribution in [2.75, 3.05) is 57.7 Å². The smallest absolute Gasteiger partial charge is 0.421 e. The predicted octanol–water partition coefficient (Wildman–Crippen LogP) is 6.78. The third-order valence-corrected chi connectivity index (χ3v) is 15.0. The van der Waals surface area contributed by atoms with Crippen molar-refractivity contribution in [3.8, 4) is 29.1 Å². The molecule has 18 nitrogen and oxygen atoms in total. The minimum Gasteiger partial charge on any atom is -0.491 e. The number of piperazine rings is 1. The van der Waals surface area contributed by atoms with E-state index in [1.54, 1.807) is 47.4 Å². The van der Waals surface area contributed by atoms with Gasteiger partial charge in [0.05, 0.1) is 41.8 Å². The number of nitrogens with zero attached hydrogens (tertiary/aromatic N) is 5. The summed E-state index contributed by atoms with van der Waals surface area (Å²) < 4.78 is 30.1. The molecule has 6 aromatic rings. The van der Waals surface area contributed by atoms with Gasteiger partial charge in [0, 0.05) is 62.4 Å². The Balaban J connectivity index is 1.11. The van der Waals surface area contributed by atoms with Crippen molar-refractivity contribution in [2.45, 2.75) is 49.2 Å². The molecule has 1 spiro atoms. The highest BCUT2D eigenvalue weighted by Gasteiger charge is 2.76. The fraction of sp³-hybridized carbons (Fsp3) is 0.288. The molecule has 392 valence electrons. The van der Waals surface area contributed by atoms with Gasteiger partial charge in [-0.2, -0.15) is 0 Å². The molecular formula is C59H53N5O13. The highest BCUT2D eigenvalue weighted by atomic mass is 16.7. The topological polar surface area (TPSA) is 211 Å². The molecule has 11 rings (SSSR count). The van der Waals surface area contributed by atoms with Gasteiger partial charge in [-0.25, -0.2) is 9.69 Å². The summed E-state index contributed by atoms with van der Waals surface area (Å²) in [5, 5.41) is 31.4. The van der Waals surface area contributed by atoms with Crippen molar-refractivity contribution < 1.29 is 58.0 Å². The van der Waals surface area contributed by atoms with Gasteiger partial charge >= 0.3 is 12.1 Å². The summed E-state index contributed by atoms with van der Waals surface area (Å²) in [6.07, 6.45) is -1.97. The third kappa shape index (κ3) is 9.26. The van der Waals surface area contributed by atoms with E-state index in [4.69, 9.17) is 23.7 Å². The van der Waals surface area contributed by atoms with Crippen LogP contribution in [0.5, 0.6) is 17.2 Å². The maximum absolute atomic E-state index is 16.8. The zero-order valence-corrected chi connectivity index (χ0v) is 41.6. The van der Waals surface area contributed by atoms with Crippen molar-refractivity contribution in [3.63, 3.8) is 0 Å². The van der Waals surface area contributed by atoms with E-state index in [0.717, 1.165) is 10.5 Å². The summed E-state index contributed by atoms with van der Waals surface area (Å²) in [4.78, 5) is 81.7. The van der Waals surface area contributed by atoms with Crippen molar-refractivity contribution in [1.82, 2.24) is 14.7 Å². The number of fused-ring (bicyclic) bond motifs is 4. The lowest BCUT2D eigenvalue weighted by Gasteiger charge is -2.46. The number of rotatable bonds is 13. The summed E-state index contributed by atoms with van der Waals surface area (Å²) >= 11 is 0. The Hall–Kier alpha value is -8.60. The zero-order chi connectivity index (χ0) is 53.2. The molecular weight excluding hydrogens is 987 g/mol. The van der Waals surface area contributed by atoms with E-state index in [2.05, 4.69) is 16.7 Å². The number of nitro groups is 1. The molecule has 0 bridgehead atoms. The van der Waals surface area contributed by atoms with Crippen LogP contribution < -0.4 is 19.1 Å². The third-order valence-electron chi connectivity index (χ3n) is 15.0. The van der Waals surface area contributed by atoms with Crippen LogP contribution in [0, 0.1) is 27.9 Å². The molecule has 3 fully saturated rings. The molecule has 2 N–H and O–H groups in total. The first kappa shape index (κ1) is 50.6. The standard InChI is InChI=1S/C59H53N5O13/c65-30-10-9-11-38-20-24-46-45(33-38)59(57(69)62(46)58(70)74-36-39-18-22-43(23-19-39)64(71)72)50(55(67)61-28-26-60(27-29-61)35-40-21-25-48-49(34-40)76-37-75-48)52-56(68)77-53(42-14-5-2-6-15-42)51(41-12-3-1-4-13-41)63(52)54(59)44-16-7-8-17-47(44)73-32-31-66/h1-8,12-25,33-34,50-54,65-66H,10,26-32,35-37H2/t50-,51-,52-,53+,54+,59-/m0/s1. The fourth-order valence-electron chi connectivity index (χ4n) is 11.7. The van der Waals surface area contributed by atoms with Crippen molar-refractivity contribution in [3.05, 3.63) is 195 Å². The Morgan fingerprint density at radius 2 is 1.47 bits per heavy atom. The minimum absolute atomic E-state index is 0.0746. The highest BCUT2D eigenvalue weighted by molar-refractivity contribution is 6.23. The van der Waals surface area contributed by atoms with Crippen LogP contribution in [0.4, 0.5) is 16.2 Å². The summed E-state index contributed by atoms with van der Waals surface area (Å²) in [7, 11) is 0. The van der Waals surface area contributed by atoms with Crippen molar-refractivity contribution >= 4 is 35.3 Å². The molecule has 18 heteroatoms. The second kappa shape index (κ2) is 21.6. The van der Waals surface area contributed by atoms with Crippen LogP contribution in [0.2, 0.25) is 0 Å². The molecule has 6 atom stereocenters. The van der Waals surface area contributed by atoms with E-state index in [1.807, 2.05) is 83.8 Å². The second-order valence-electron chi connectivity index (χ2n) is 19.3. The summed E-state index contributed by atoms with van der Waals surface area (Å²) in [6.45, 7) is 0.854. The average Bonchev–Trinajstić information content (AvgIpc) is 3.09. The first-order chi connectivity index (χ1) is 37.6. The molecule has 0 aromatic heterocycles. The lowest BCUT2D eigenvalue weighted by molar-refractivity contribution is -0.384. The van der Waals surface area contributed by atoms with Gasteiger partial charge in [-0.05, 0) is 76.3 Å². The number of morpholine rings is 1. The van der Waals surface area contributed by atoms with Gasteiger partial charge < -0.3 is 38.8 Å². The van der Waals surface area contributed by atoms with Gasteiger partial charge in [0.1, 0.15) is 36.5 Å². The number of para-hydroxylation sites is 1. The SMILES string of the molecule is O=C1O[C@H](c2ccccc2)[C@H](c2ccccc2)N2[C@H]1[C@@H](C(=O)N1CCN(Cc3ccc4c(c3)OCO4)CC1)[C@]1(C(=O)N(C(=O)OCc3ccc([N+](=O)[O-])cc3)c3ccc(C#CCCO)cc31)[C@H]2c1ccccc1OCCO. The molecule has 5 aliphatic heterocycles. The molecule has 6 aromatic carbocycles. The van der Waals surface area contributed by atoms with Crippen LogP contribution in [-0.4, -0.2) is 113 Å². The Bertz CT molecular complexity index is 3290. The number of nitro benzene ring substituents is 1. The summed E-state index contributed by atoms with van der Waals surface area (Å²) in [5.74, 6) is 3.88. The number of esters is 1. The molecule has 3 saturated heterocycles. The number of ether oxygens (including phenoxy) is 5. The van der Waals surface area contributed by atoms with E-state index in [-0.39, 0.29) is 75.4 Å².